The van der Waals surface area contributed by atoms with E-state index in [0.717, 1.165) is 38.6 Å². The van der Waals surface area contributed by atoms with Gasteiger partial charge in [0.1, 0.15) is 6.61 Å². The van der Waals surface area contributed by atoms with Gasteiger partial charge in [-0.1, -0.05) is 0 Å². The van der Waals surface area contributed by atoms with Crippen molar-refractivity contribution >= 4 is 30.7 Å². The molecule has 2 aliphatic heterocycles. The molecule has 2 heterocycles. The SMILES string of the molecule is COCC(=O)N1CCCN(C2CCC3(CCNCC3)CC2)CC1.Cl.Cl. The van der Waals surface area contributed by atoms with Crippen LogP contribution in [0.25, 0.3) is 0 Å². The van der Waals surface area contributed by atoms with Crippen LogP contribution in [-0.4, -0.2) is 74.7 Å². The van der Waals surface area contributed by atoms with Crippen LogP contribution in [-0.2, 0) is 9.53 Å². The first-order valence-electron chi connectivity index (χ1n) is 9.44. The van der Waals surface area contributed by atoms with Gasteiger partial charge in [-0.15, -0.1) is 24.8 Å². The molecular weight excluding hydrogens is 361 g/mol. The number of amides is 1. The average molecular weight is 396 g/mol. The van der Waals surface area contributed by atoms with Gasteiger partial charge in [-0.05, 0) is 63.5 Å². The Hall–Kier alpha value is -0.0700. The average Bonchev–Trinajstić information content (AvgIpc) is 2.83. The van der Waals surface area contributed by atoms with Crippen LogP contribution in [0.15, 0.2) is 0 Å². The lowest BCUT2D eigenvalue weighted by molar-refractivity contribution is -0.135. The minimum atomic E-state index is 0. The van der Waals surface area contributed by atoms with E-state index in [1.165, 1.54) is 51.6 Å². The summed E-state index contributed by atoms with van der Waals surface area (Å²) in [5.74, 6) is 0.145. The predicted octanol–water partition coefficient (Wildman–Crippen LogP) is 2.32. The van der Waals surface area contributed by atoms with Crippen LogP contribution in [0.5, 0.6) is 0 Å². The summed E-state index contributed by atoms with van der Waals surface area (Å²) in [5, 5.41) is 3.51. The van der Waals surface area contributed by atoms with E-state index in [1.807, 2.05) is 4.90 Å². The summed E-state index contributed by atoms with van der Waals surface area (Å²) in [6, 6.07) is 0.744. The summed E-state index contributed by atoms with van der Waals surface area (Å²) >= 11 is 0. The van der Waals surface area contributed by atoms with Gasteiger partial charge in [-0.25, -0.2) is 0 Å². The quantitative estimate of drug-likeness (QED) is 0.796. The highest BCUT2D eigenvalue weighted by Crippen LogP contribution is 2.44. The number of methoxy groups -OCH3 is 1. The maximum Gasteiger partial charge on any atom is 0.248 e. The Labute approximate surface area is 165 Å². The molecule has 0 aromatic heterocycles. The molecule has 2 saturated heterocycles. The molecule has 1 amide bonds. The Bertz CT molecular complexity index is 396. The molecule has 3 aliphatic rings. The van der Waals surface area contributed by atoms with Crippen molar-refractivity contribution in [2.75, 3.05) is 53.0 Å². The Kier molecular flexibility index (Phi) is 10.0. The minimum absolute atomic E-state index is 0. The lowest BCUT2D eigenvalue weighted by Gasteiger charge is -2.45. The number of carbonyl (C=O) groups is 1. The van der Waals surface area contributed by atoms with Gasteiger partial charge in [-0.2, -0.15) is 0 Å². The molecule has 0 unspecified atom stereocenters. The normalized spacial score (nSPS) is 24.9. The lowest BCUT2D eigenvalue weighted by Crippen LogP contribution is -2.46. The van der Waals surface area contributed by atoms with Crippen molar-refractivity contribution < 1.29 is 9.53 Å². The van der Waals surface area contributed by atoms with Crippen molar-refractivity contribution in [1.82, 2.24) is 15.1 Å². The molecule has 0 aromatic rings. The molecule has 7 heteroatoms. The molecule has 1 saturated carbocycles. The van der Waals surface area contributed by atoms with Gasteiger partial charge < -0.3 is 15.0 Å². The maximum atomic E-state index is 12.0. The van der Waals surface area contributed by atoms with Crippen LogP contribution in [0.4, 0.5) is 0 Å². The molecule has 0 aromatic carbocycles. The highest BCUT2D eigenvalue weighted by atomic mass is 35.5. The number of carbonyl (C=O) groups excluding carboxylic acids is 1. The molecule has 1 spiro atoms. The van der Waals surface area contributed by atoms with E-state index < -0.39 is 0 Å². The Morgan fingerprint density at radius 3 is 2.36 bits per heavy atom. The van der Waals surface area contributed by atoms with Gasteiger partial charge >= 0.3 is 0 Å². The number of hydrogen-bond donors (Lipinski definition) is 1. The summed E-state index contributed by atoms with van der Waals surface area (Å²) in [4.78, 5) is 16.7. The summed E-state index contributed by atoms with van der Waals surface area (Å²) in [6.07, 6.45) is 9.36. The van der Waals surface area contributed by atoms with Crippen molar-refractivity contribution in [3.63, 3.8) is 0 Å². The lowest BCUT2D eigenvalue weighted by atomic mass is 9.67. The van der Waals surface area contributed by atoms with Crippen molar-refractivity contribution in [1.29, 1.82) is 0 Å². The number of hydrogen-bond acceptors (Lipinski definition) is 4. The maximum absolute atomic E-state index is 12.0. The monoisotopic (exact) mass is 395 g/mol. The standard InChI is InChI=1S/C18H33N3O2.2ClH/c1-23-15-17(22)21-12-2-11-20(13-14-21)16-3-5-18(6-4-16)7-9-19-10-8-18;;/h16,19H,2-15H2,1H3;2*1H. The van der Waals surface area contributed by atoms with E-state index >= 15 is 0 Å². The van der Waals surface area contributed by atoms with Crippen LogP contribution in [0.2, 0.25) is 0 Å². The van der Waals surface area contributed by atoms with E-state index in [9.17, 15) is 4.79 Å². The van der Waals surface area contributed by atoms with Crippen molar-refractivity contribution in [2.24, 2.45) is 5.41 Å². The second kappa shape index (κ2) is 10.9. The smallest absolute Gasteiger partial charge is 0.248 e. The summed E-state index contributed by atoms with van der Waals surface area (Å²) in [6.45, 7) is 6.59. The number of nitrogens with one attached hydrogen (secondary N) is 1. The number of piperidine rings is 1. The molecule has 0 atom stereocenters. The van der Waals surface area contributed by atoms with Gasteiger partial charge in [-0.3, -0.25) is 9.69 Å². The van der Waals surface area contributed by atoms with Crippen LogP contribution < -0.4 is 5.32 Å². The second-order valence-corrected chi connectivity index (χ2v) is 7.68. The molecule has 3 rings (SSSR count). The molecule has 3 fully saturated rings. The third-order valence-electron chi connectivity index (χ3n) is 6.35. The Balaban J connectivity index is 0.00000156. The summed E-state index contributed by atoms with van der Waals surface area (Å²) in [7, 11) is 1.60. The number of halogens is 2. The van der Waals surface area contributed by atoms with Gasteiger partial charge in [0.05, 0.1) is 0 Å². The van der Waals surface area contributed by atoms with Gasteiger partial charge in [0.25, 0.3) is 0 Å². The van der Waals surface area contributed by atoms with E-state index in [2.05, 4.69) is 10.2 Å². The summed E-state index contributed by atoms with van der Waals surface area (Å²) in [5.41, 5.74) is 0.647. The second-order valence-electron chi connectivity index (χ2n) is 7.68. The Morgan fingerprint density at radius 1 is 1.04 bits per heavy atom. The molecule has 148 valence electrons. The van der Waals surface area contributed by atoms with Crippen LogP contribution >= 0.6 is 24.8 Å². The fourth-order valence-corrected chi connectivity index (χ4v) is 4.80. The third kappa shape index (κ3) is 5.96. The topological polar surface area (TPSA) is 44.8 Å². The molecule has 1 N–H and O–H groups in total. The zero-order valence-corrected chi connectivity index (χ0v) is 17.1. The van der Waals surface area contributed by atoms with E-state index in [4.69, 9.17) is 4.74 Å². The van der Waals surface area contributed by atoms with Crippen LogP contribution in [0.1, 0.15) is 44.9 Å². The highest BCUT2D eigenvalue weighted by Gasteiger charge is 2.37. The van der Waals surface area contributed by atoms with Crippen molar-refractivity contribution in [2.45, 2.75) is 51.0 Å². The fourth-order valence-electron chi connectivity index (χ4n) is 4.80. The molecule has 5 nitrogen and oxygen atoms in total. The molecule has 25 heavy (non-hydrogen) atoms. The highest BCUT2D eigenvalue weighted by molar-refractivity contribution is 5.85. The first kappa shape index (κ1) is 23.0. The van der Waals surface area contributed by atoms with Gasteiger partial charge in [0.2, 0.25) is 5.91 Å². The van der Waals surface area contributed by atoms with E-state index in [1.54, 1.807) is 7.11 Å². The van der Waals surface area contributed by atoms with Crippen LogP contribution in [0, 0.1) is 5.41 Å². The molecule has 0 bridgehead atoms. The number of rotatable bonds is 3. The third-order valence-corrected chi connectivity index (χ3v) is 6.35. The number of ether oxygens (including phenoxy) is 1. The van der Waals surface area contributed by atoms with E-state index in [0.29, 0.717) is 5.41 Å². The van der Waals surface area contributed by atoms with Crippen molar-refractivity contribution in [3.05, 3.63) is 0 Å². The van der Waals surface area contributed by atoms with Gasteiger partial charge in [0.15, 0.2) is 0 Å². The molecule has 0 radical (unpaired) electrons. The zero-order chi connectivity index (χ0) is 16.1. The zero-order valence-electron chi connectivity index (χ0n) is 15.5. The van der Waals surface area contributed by atoms with E-state index in [-0.39, 0.29) is 37.3 Å². The molecular formula is C18H35Cl2N3O2. The van der Waals surface area contributed by atoms with Crippen molar-refractivity contribution in [3.8, 4) is 0 Å². The minimum Gasteiger partial charge on any atom is -0.375 e. The Morgan fingerprint density at radius 2 is 1.72 bits per heavy atom. The largest absolute Gasteiger partial charge is 0.375 e. The summed E-state index contributed by atoms with van der Waals surface area (Å²) < 4.78 is 4.99. The fraction of sp³-hybridized carbons (Fsp3) is 0.944. The number of nitrogens with zero attached hydrogens (tertiary/aromatic N) is 2. The van der Waals surface area contributed by atoms with Crippen LogP contribution in [0.3, 0.4) is 0 Å². The first-order chi connectivity index (χ1) is 11.2. The first-order valence-corrected chi connectivity index (χ1v) is 9.44. The van der Waals surface area contributed by atoms with Gasteiger partial charge in [0, 0.05) is 39.3 Å². The predicted molar refractivity (Wildman–Crippen MR) is 106 cm³/mol. The molecule has 1 aliphatic carbocycles.